The highest BCUT2D eigenvalue weighted by atomic mass is 35.5. The fourth-order valence-electron chi connectivity index (χ4n) is 5.68. The Kier molecular flexibility index (Phi) is 12.7. The summed E-state index contributed by atoms with van der Waals surface area (Å²) in [5, 5.41) is 14.7. The van der Waals surface area contributed by atoms with E-state index in [1.807, 2.05) is 24.3 Å². The Morgan fingerprint density at radius 2 is 1.66 bits per heavy atom. The molecule has 2 fully saturated rings. The van der Waals surface area contributed by atoms with Crippen LogP contribution >= 0.6 is 11.6 Å². The van der Waals surface area contributed by atoms with Crippen molar-refractivity contribution in [1.29, 1.82) is 0 Å². The second-order valence-corrected chi connectivity index (χ2v) is 10.9. The minimum Gasteiger partial charge on any atom is -0.493 e. The number of hydrogen-bond donors (Lipinski definition) is 2. The van der Waals surface area contributed by atoms with Crippen LogP contribution in [0, 0.1) is 5.92 Å². The molecule has 0 radical (unpaired) electrons. The van der Waals surface area contributed by atoms with E-state index in [2.05, 4.69) is 30.0 Å². The number of nitrogens with zero attached hydrogens (tertiary/aromatic N) is 2. The first-order valence-corrected chi connectivity index (χ1v) is 14.6. The number of likely N-dealkylation sites (tertiary alicyclic amines) is 1. The van der Waals surface area contributed by atoms with Gasteiger partial charge in [0, 0.05) is 37.0 Å². The lowest BCUT2D eigenvalue weighted by molar-refractivity contribution is -0.138. The van der Waals surface area contributed by atoms with E-state index >= 15 is 0 Å². The molecule has 224 valence electrons. The summed E-state index contributed by atoms with van der Waals surface area (Å²) < 4.78 is 11.6. The van der Waals surface area contributed by atoms with Gasteiger partial charge in [0.05, 0.1) is 13.7 Å². The van der Waals surface area contributed by atoms with Crippen LogP contribution in [0.25, 0.3) is 0 Å². The van der Waals surface area contributed by atoms with E-state index in [1.165, 1.54) is 42.6 Å². The van der Waals surface area contributed by atoms with Crippen LogP contribution in [0.1, 0.15) is 75.5 Å². The molecular weight excluding hydrogens is 548 g/mol. The second-order valence-electron chi connectivity index (χ2n) is 10.5. The summed E-state index contributed by atoms with van der Waals surface area (Å²) in [6.45, 7) is 4.64. The van der Waals surface area contributed by atoms with Gasteiger partial charge in [-0.1, -0.05) is 56.0 Å². The van der Waals surface area contributed by atoms with Gasteiger partial charge in [-0.25, -0.2) is 4.79 Å². The molecule has 2 N–H and O–H groups in total. The number of ether oxygens (including phenoxy) is 2. The molecule has 1 atom stereocenters. The van der Waals surface area contributed by atoms with Crippen molar-refractivity contribution in [2.75, 3.05) is 26.8 Å². The lowest BCUT2D eigenvalue weighted by atomic mass is 9.88. The molecule has 0 aromatic heterocycles. The van der Waals surface area contributed by atoms with Crippen LogP contribution in [0.2, 0.25) is 5.02 Å². The fraction of sp³-hybridized carbons (Fsp3) is 0.516. The topological polar surface area (TPSA) is 117 Å². The van der Waals surface area contributed by atoms with Gasteiger partial charge in [-0.2, -0.15) is 0 Å². The maximum Gasteiger partial charge on any atom is 0.503 e. The summed E-state index contributed by atoms with van der Waals surface area (Å²) in [6, 6.07) is 14.6. The molecular formula is C31H41ClN2O7. The van der Waals surface area contributed by atoms with E-state index in [4.69, 9.17) is 36.1 Å². The van der Waals surface area contributed by atoms with Gasteiger partial charge < -0.3 is 19.7 Å². The van der Waals surface area contributed by atoms with Crippen LogP contribution in [0.5, 0.6) is 11.5 Å². The predicted octanol–water partition coefficient (Wildman–Crippen LogP) is 6.63. The van der Waals surface area contributed by atoms with Crippen molar-refractivity contribution in [3.63, 3.8) is 0 Å². The molecule has 2 amide bonds. The Balaban J connectivity index is 0.00000108. The SMILES string of the molecule is CCC(c1ccc(Cl)cc1)N(Cc1ccc(OCCN2C(=O)CCC2=O)c(OC)c1)CC1CCCCC1.O=C(O)O. The van der Waals surface area contributed by atoms with Gasteiger partial charge in [-0.3, -0.25) is 19.4 Å². The van der Waals surface area contributed by atoms with Crippen molar-refractivity contribution >= 4 is 29.6 Å². The molecule has 1 aliphatic carbocycles. The van der Waals surface area contributed by atoms with Crippen LogP contribution in [-0.4, -0.2) is 64.8 Å². The number of amides is 2. The van der Waals surface area contributed by atoms with E-state index in [0.29, 0.717) is 30.4 Å². The number of carbonyl (C=O) groups excluding carboxylic acids is 2. The molecule has 1 unspecified atom stereocenters. The van der Waals surface area contributed by atoms with Gasteiger partial charge in [0.1, 0.15) is 6.61 Å². The zero-order chi connectivity index (χ0) is 29.8. The van der Waals surface area contributed by atoms with E-state index in [9.17, 15) is 9.59 Å². The molecule has 4 rings (SSSR count). The molecule has 1 saturated heterocycles. The molecule has 9 nitrogen and oxygen atoms in total. The summed E-state index contributed by atoms with van der Waals surface area (Å²) in [4.78, 5) is 36.2. The third-order valence-electron chi connectivity index (χ3n) is 7.64. The lowest BCUT2D eigenvalue weighted by Crippen LogP contribution is -2.33. The molecule has 10 heteroatoms. The maximum absolute atomic E-state index is 11.9. The molecule has 2 aromatic rings. The van der Waals surface area contributed by atoms with Gasteiger partial charge in [-0.15, -0.1) is 0 Å². The summed E-state index contributed by atoms with van der Waals surface area (Å²) in [5.74, 6) is 1.75. The lowest BCUT2D eigenvalue weighted by Gasteiger charge is -2.36. The van der Waals surface area contributed by atoms with Crippen molar-refractivity contribution in [3.05, 3.63) is 58.6 Å². The highest BCUT2D eigenvalue weighted by Gasteiger charge is 2.28. The van der Waals surface area contributed by atoms with Crippen LogP contribution in [0.4, 0.5) is 4.79 Å². The first-order valence-electron chi connectivity index (χ1n) is 14.3. The van der Waals surface area contributed by atoms with Crippen LogP contribution in [-0.2, 0) is 16.1 Å². The second kappa shape index (κ2) is 16.2. The first kappa shape index (κ1) is 32.2. The quantitative estimate of drug-likeness (QED) is 0.265. The minimum absolute atomic E-state index is 0.125. The smallest absolute Gasteiger partial charge is 0.493 e. The number of hydrogen-bond acceptors (Lipinski definition) is 6. The number of halogens is 1. The predicted molar refractivity (Wildman–Crippen MR) is 157 cm³/mol. The normalized spacial score (nSPS) is 16.3. The minimum atomic E-state index is -1.83. The molecule has 41 heavy (non-hydrogen) atoms. The standard InChI is InChI=1S/C30H39ClN2O4.CH2O3/c1-3-26(24-10-12-25(31)13-11-24)32(20-22-7-5-4-6-8-22)21-23-9-14-27(28(19-23)36-2)37-18-17-33-29(34)15-16-30(33)35;2-1(3)4/h9-14,19,22,26H,3-8,15-18,20-21H2,1-2H3;(H2,2,3,4). The van der Waals surface area contributed by atoms with Gasteiger partial charge in [0.15, 0.2) is 11.5 Å². The monoisotopic (exact) mass is 588 g/mol. The Bertz CT molecular complexity index is 1130. The number of carbonyl (C=O) groups is 3. The van der Waals surface area contributed by atoms with E-state index < -0.39 is 6.16 Å². The Labute approximate surface area is 247 Å². The number of carboxylic acid groups (broad SMARTS) is 2. The summed E-state index contributed by atoms with van der Waals surface area (Å²) in [6.07, 6.45) is 6.36. The number of benzene rings is 2. The van der Waals surface area contributed by atoms with Crippen molar-refractivity contribution in [2.45, 2.75) is 70.9 Å². The van der Waals surface area contributed by atoms with Crippen molar-refractivity contribution in [3.8, 4) is 11.5 Å². The van der Waals surface area contributed by atoms with Gasteiger partial charge in [0.25, 0.3) is 0 Å². The molecule has 0 bridgehead atoms. The maximum atomic E-state index is 11.9. The first-order chi connectivity index (χ1) is 19.7. The Hall–Kier alpha value is -3.30. The van der Waals surface area contributed by atoms with Crippen molar-refractivity contribution in [2.24, 2.45) is 5.92 Å². The van der Waals surface area contributed by atoms with Crippen LogP contribution in [0.3, 0.4) is 0 Å². The molecule has 2 aliphatic rings. The fourth-order valence-corrected chi connectivity index (χ4v) is 5.80. The van der Waals surface area contributed by atoms with E-state index in [1.54, 1.807) is 7.11 Å². The molecule has 1 aliphatic heterocycles. The molecule has 2 aromatic carbocycles. The van der Waals surface area contributed by atoms with Crippen molar-refractivity contribution in [1.82, 2.24) is 9.80 Å². The van der Waals surface area contributed by atoms with Crippen molar-refractivity contribution < 1.29 is 34.1 Å². The summed E-state index contributed by atoms with van der Waals surface area (Å²) >= 11 is 6.18. The number of methoxy groups -OCH3 is 1. The molecule has 0 spiro atoms. The highest BCUT2D eigenvalue weighted by Crippen LogP contribution is 2.34. The highest BCUT2D eigenvalue weighted by molar-refractivity contribution is 6.30. The van der Waals surface area contributed by atoms with Gasteiger partial charge >= 0.3 is 6.16 Å². The molecule has 1 saturated carbocycles. The summed E-state index contributed by atoms with van der Waals surface area (Å²) in [5.41, 5.74) is 2.46. The van der Waals surface area contributed by atoms with E-state index in [-0.39, 0.29) is 25.0 Å². The van der Waals surface area contributed by atoms with Crippen LogP contribution in [0.15, 0.2) is 42.5 Å². The van der Waals surface area contributed by atoms with Gasteiger partial charge in [-0.05, 0) is 60.6 Å². The number of rotatable bonds is 12. The Morgan fingerprint density at radius 1 is 1.02 bits per heavy atom. The number of imide groups is 1. The average molecular weight is 589 g/mol. The van der Waals surface area contributed by atoms with Crippen LogP contribution < -0.4 is 9.47 Å². The molecule has 1 heterocycles. The largest absolute Gasteiger partial charge is 0.503 e. The summed E-state index contributed by atoms with van der Waals surface area (Å²) in [7, 11) is 1.64. The Morgan fingerprint density at radius 3 is 2.24 bits per heavy atom. The van der Waals surface area contributed by atoms with Gasteiger partial charge in [0.2, 0.25) is 11.8 Å². The average Bonchev–Trinajstić information content (AvgIpc) is 3.27. The zero-order valence-electron chi connectivity index (χ0n) is 23.9. The third-order valence-corrected chi connectivity index (χ3v) is 7.89. The van der Waals surface area contributed by atoms with E-state index in [0.717, 1.165) is 36.0 Å². The zero-order valence-corrected chi connectivity index (χ0v) is 24.6. The third kappa shape index (κ3) is 9.93.